The Morgan fingerprint density at radius 2 is 1.77 bits per heavy atom. The summed E-state index contributed by atoms with van der Waals surface area (Å²) in [6.07, 6.45) is 1.81. The van der Waals surface area contributed by atoms with Gasteiger partial charge in [-0.1, -0.05) is 29.8 Å². The lowest BCUT2D eigenvalue weighted by Gasteiger charge is -2.34. The van der Waals surface area contributed by atoms with E-state index in [9.17, 15) is 4.79 Å². The third-order valence-electron chi connectivity index (χ3n) is 3.88. The fraction of sp³-hybridized carbons (Fsp3) is 0.294. The van der Waals surface area contributed by atoms with Gasteiger partial charge in [-0.2, -0.15) is 0 Å². The molecular formula is C17H18ClN3O. The smallest absolute Gasteiger partial charge is 0.255 e. The van der Waals surface area contributed by atoms with Crippen molar-refractivity contribution in [1.29, 1.82) is 0 Å². The van der Waals surface area contributed by atoms with Crippen LogP contribution in [0.15, 0.2) is 48.7 Å². The number of amides is 1. The van der Waals surface area contributed by atoms with Crippen LogP contribution in [0.3, 0.4) is 0 Å². The second-order valence-corrected chi connectivity index (χ2v) is 5.78. The first-order valence-corrected chi connectivity index (χ1v) is 7.78. The molecule has 1 fully saturated rings. The number of benzene rings is 1. The summed E-state index contributed by atoms with van der Waals surface area (Å²) in [5, 5.41) is 0.517. The molecule has 0 unspecified atom stereocenters. The monoisotopic (exact) mass is 315 g/mol. The van der Waals surface area contributed by atoms with E-state index in [-0.39, 0.29) is 5.91 Å². The van der Waals surface area contributed by atoms with Crippen LogP contribution >= 0.6 is 11.6 Å². The maximum atomic E-state index is 12.5. The quantitative estimate of drug-likeness (QED) is 0.874. The Morgan fingerprint density at radius 3 is 2.45 bits per heavy atom. The van der Waals surface area contributed by atoms with Crippen molar-refractivity contribution in [3.8, 4) is 0 Å². The second kappa shape index (κ2) is 6.90. The van der Waals surface area contributed by atoms with E-state index in [0.29, 0.717) is 10.6 Å². The maximum absolute atomic E-state index is 12.5. The largest absolute Gasteiger partial charge is 0.336 e. The van der Waals surface area contributed by atoms with Gasteiger partial charge >= 0.3 is 0 Å². The number of halogens is 1. The Labute approximate surface area is 135 Å². The SMILES string of the molecule is O=C(c1ccccc1Cl)N1CCN(Cc2ccccn2)CC1. The van der Waals surface area contributed by atoms with E-state index in [0.717, 1.165) is 38.4 Å². The highest BCUT2D eigenvalue weighted by atomic mass is 35.5. The lowest BCUT2D eigenvalue weighted by Crippen LogP contribution is -2.48. The van der Waals surface area contributed by atoms with Gasteiger partial charge in [0.2, 0.25) is 0 Å². The molecule has 114 valence electrons. The summed E-state index contributed by atoms with van der Waals surface area (Å²) < 4.78 is 0. The van der Waals surface area contributed by atoms with E-state index >= 15 is 0 Å². The standard InChI is InChI=1S/C17H18ClN3O/c18-16-7-2-1-6-15(16)17(22)21-11-9-20(10-12-21)13-14-5-3-4-8-19-14/h1-8H,9-13H2. The Kier molecular flexibility index (Phi) is 4.71. The van der Waals surface area contributed by atoms with Gasteiger partial charge in [-0.15, -0.1) is 0 Å². The highest BCUT2D eigenvalue weighted by Gasteiger charge is 2.23. The van der Waals surface area contributed by atoms with Gasteiger partial charge in [-0.05, 0) is 24.3 Å². The van der Waals surface area contributed by atoms with Crippen LogP contribution in [0.25, 0.3) is 0 Å². The Bertz CT molecular complexity index is 639. The summed E-state index contributed by atoms with van der Waals surface area (Å²) >= 11 is 6.11. The zero-order chi connectivity index (χ0) is 15.4. The third-order valence-corrected chi connectivity index (χ3v) is 4.21. The van der Waals surface area contributed by atoms with Crippen molar-refractivity contribution < 1.29 is 4.79 Å². The molecule has 1 aliphatic heterocycles. The predicted octanol–water partition coefficient (Wildman–Crippen LogP) is 2.69. The van der Waals surface area contributed by atoms with E-state index in [1.807, 2.05) is 41.4 Å². The van der Waals surface area contributed by atoms with E-state index in [4.69, 9.17) is 11.6 Å². The molecule has 3 rings (SSSR count). The van der Waals surface area contributed by atoms with Gasteiger partial charge in [-0.25, -0.2) is 0 Å². The van der Waals surface area contributed by atoms with Crippen molar-refractivity contribution in [2.24, 2.45) is 0 Å². The average Bonchev–Trinajstić information content (AvgIpc) is 2.56. The van der Waals surface area contributed by atoms with E-state index in [1.165, 1.54) is 0 Å². The molecule has 0 spiro atoms. The van der Waals surface area contributed by atoms with Crippen molar-refractivity contribution in [1.82, 2.24) is 14.8 Å². The zero-order valence-electron chi connectivity index (χ0n) is 12.3. The molecule has 2 aromatic rings. The first-order valence-electron chi connectivity index (χ1n) is 7.40. The molecule has 1 amide bonds. The van der Waals surface area contributed by atoms with Gasteiger partial charge in [0.15, 0.2) is 0 Å². The van der Waals surface area contributed by atoms with Crippen LogP contribution in [0.4, 0.5) is 0 Å². The summed E-state index contributed by atoms with van der Waals surface area (Å²) in [5.41, 5.74) is 1.65. The van der Waals surface area contributed by atoms with Gasteiger partial charge in [-0.3, -0.25) is 14.7 Å². The predicted molar refractivity (Wildman–Crippen MR) is 86.9 cm³/mol. The van der Waals surface area contributed by atoms with Crippen LogP contribution in [-0.4, -0.2) is 46.9 Å². The van der Waals surface area contributed by atoms with Crippen molar-refractivity contribution >= 4 is 17.5 Å². The molecule has 1 aliphatic rings. The van der Waals surface area contributed by atoms with Gasteiger partial charge < -0.3 is 4.90 Å². The zero-order valence-corrected chi connectivity index (χ0v) is 13.0. The van der Waals surface area contributed by atoms with Crippen LogP contribution < -0.4 is 0 Å². The number of carbonyl (C=O) groups excluding carboxylic acids is 1. The van der Waals surface area contributed by atoms with Crippen LogP contribution in [0.1, 0.15) is 16.1 Å². The van der Waals surface area contributed by atoms with Crippen molar-refractivity contribution in [2.45, 2.75) is 6.54 Å². The molecule has 1 aromatic heterocycles. The number of hydrogen-bond donors (Lipinski definition) is 0. The minimum Gasteiger partial charge on any atom is -0.336 e. The first kappa shape index (κ1) is 15.0. The summed E-state index contributed by atoms with van der Waals surface area (Å²) in [6, 6.07) is 13.2. The van der Waals surface area contributed by atoms with Gasteiger partial charge in [0.1, 0.15) is 0 Å². The van der Waals surface area contributed by atoms with Crippen LogP contribution in [0.2, 0.25) is 5.02 Å². The fourth-order valence-electron chi connectivity index (χ4n) is 2.63. The molecule has 4 nitrogen and oxygen atoms in total. The van der Waals surface area contributed by atoms with Crippen molar-refractivity contribution in [3.63, 3.8) is 0 Å². The molecule has 1 saturated heterocycles. The average molecular weight is 316 g/mol. The molecule has 0 N–H and O–H groups in total. The van der Waals surface area contributed by atoms with E-state index in [2.05, 4.69) is 9.88 Å². The second-order valence-electron chi connectivity index (χ2n) is 5.37. The number of pyridine rings is 1. The van der Waals surface area contributed by atoms with E-state index in [1.54, 1.807) is 12.1 Å². The summed E-state index contributed by atoms with van der Waals surface area (Å²) in [7, 11) is 0. The minimum absolute atomic E-state index is 0.0167. The minimum atomic E-state index is 0.0167. The molecular weight excluding hydrogens is 298 g/mol. The maximum Gasteiger partial charge on any atom is 0.255 e. The molecule has 2 heterocycles. The van der Waals surface area contributed by atoms with Crippen molar-refractivity contribution in [3.05, 3.63) is 64.9 Å². The number of nitrogens with zero attached hydrogens (tertiary/aromatic N) is 3. The lowest BCUT2D eigenvalue weighted by molar-refractivity contribution is 0.0627. The lowest BCUT2D eigenvalue weighted by atomic mass is 10.1. The summed E-state index contributed by atoms with van der Waals surface area (Å²) in [6.45, 7) is 3.97. The third kappa shape index (κ3) is 3.46. The Morgan fingerprint density at radius 1 is 1.05 bits per heavy atom. The van der Waals surface area contributed by atoms with Crippen molar-refractivity contribution in [2.75, 3.05) is 26.2 Å². The fourth-order valence-corrected chi connectivity index (χ4v) is 2.85. The first-order chi connectivity index (χ1) is 10.7. The van der Waals surface area contributed by atoms with Gasteiger partial charge in [0.05, 0.1) is 16.3 Å². The van der Waals surface area contributed by atoms with Crippen LogP contribution in [0, 0.1) is 0 Å². The number of rotatable bonds is 3. The number of hydrogen-bond acceptors (Lipinski definition) is 3. The molecule has 0 aliphatic carbocycles. The number of piperazine rings is 1. The molecule has 0 radical (unpaired) electrons. The molecule has 1 aromatic carbocycles. The number of carbonyl (C=O) groups is 1. The Hall–Kier alpha value is -1.91. The van der Waals surface area contributed by atoms with Gasteiger partial charge in [0, 0.05) is 38.9 Å². The molecule has 5 heteroatoms. The van der Waals surface area contributed by atoms with Gasteiger partial charge in [0.25, 0.3) is 5.91 Å². The molecule has 0 saturated carbocycles. The normalized spacial score (nSPS) is 15.8. The van der Waals surface area contributed by atoms with Crippen LogP contribution in [0.5, 0.6) is 0 Å². The molecule has 0 bridgehead atoms. The highest BCUT2D eigenvalue weighted by Crippen LogP contribution is 2.18. The van der Waals surface area contributed by atoms with E-state index < -0.39 is 0 Å². The van der Waals surface area contributed by atoms with Crippen LogP contribution in [-0.2, 0) is 6.54 Å². The summed E-state index contributed by atoms with van der Waals surface area (Å²) in [4.78, 5) is 21.0. The number of aromatic nitrogens is 1. The molecule has 0 atom stereocenters. The Balaban J connectivity index is 1.58. The molecule has 22 heavy (non-hydrogen) atoms. The topological polar surface area (TPSA) is 36.4 Å². The summed E-state index contributed by atoms with van der Waals surface area (Å²) in [5.74, 6) is 0.0167. The highest BCUT2D eigenvalue weighted by molar-refractivity contribution is 6.33.